The van der Waals surface area contributed by atoms with Crippen LogP contribution in [0.5, 0.6) is 6.01 Å². The number of ether oxygens (including phenoxy) is 2. The molecule has 1 fully saturated rings. The molecule has 0 radical (unpaired) electrons. The van der Waals surface area contributed by atoms with Crippen LogP contribution in [-0.4, -0.2) is 59.9 Å². The second-order valence-corrected chi connectivity index (χ2v) is 6.71. The Kier molecular flexibility index (Phi) is 5.28. The molecule has 0 spiro atoms. The van der Waals surface area contributed by atoms with Crippen molar-refractivity contribution < 1.29 is 14.3 Å². The number of carbonyl (C=O) groups is 1. The summed E-state index contributed by atoms with van der Waals surface area (Å²) in [7, 11) is 3.36. The van der Waals surface area contributed by atoms with Gasteiger partial charge in [0, 0.05) is 32.4 Å². The zero-order valence-electron chi connectivity index (χ0n) is 14.6. The zero-order chi connectivity index (χ0) is 17.0. The van der Waals surface area contributed by atoms with E-state index in [4.69, 9.17) is 9.47 Å². The second kappa shape index (κ2) is 7.02. The summed E-state index contributed by atoms with van der Waals surface area (Å²) >= 11 is 0. The molecule has 1 saturated heterocycles. The third-order valence-corrected chi connectivity index (χ3v) is 3.82. The summed E-state index contributed by atoms with van der Waals surface area (Å²) in [5, 5.41) is 0. The van der Waals surface area contributed by atoms with Crippen molar-refractivity contribution in [1.29, 1.82) is 0 Å². The Morgan fingerprint density at radius 1 is 1.35 bits per heavy atom. The van der Waals surface area contributed by atoms with Crippen molar-refractivity contribution in [2.75, 3.05) is 32.1 Å². The fourth-order valence-electron chi connectivity index (χ4n) is 2.57. The van der Waals surface area contributed by atoms with Crippen LogP contribution >= 0.6 is 0 Å². The summed E-state index contributed by atoms with van der Waals surface area (Å²) in [4.78, 5) is 24.4. The van der Waals surface area contributed by atoms with Crippen LogP contribution in [0.4, 0.5) is 10.6 Å². The molecule has 0 aliphatic carbocycles. The number of anilines is 1. The van der Waals surface area contributed by atoms with E-state index in [-0.39, 0.29) is 12.1 Å². The Labute approximate surface area is 137 Å². The lowest BCUT2D eigenvalue weighted by Crippen LogP contribution is -2.47. The zero-order valence-corrected chi connectivity index (χ0v) is 14.6. The molecule has 23 heavy (non-hydrogen) atoms. The van der Waals surface area contributed by atoms with E-state index in [1.165, 1.54) is 0 Å². The van der Waals surface area contributed by atoms with Gasteiger partial charge in [0.25, 0.3) is 0 Å². The molecule has 0 unspecified atom stereocenters. The molecule has 7 heteroatoms. The number of rotatable bonds is 3. The quantitative estimate of drug-likeness (QED) is 0.851. The fraction of sp³-hybridized carbons (Fsp3) is 0.688. The number of amides is 1. The molecule has 128 valence electrons. The highest BCUT2D eigenvalue weighted by molar-refractivity contribution is 5.68. The second-order valence-electron chi connectivity index (χ2n) is 6.71. The highest BCUT2D eigenvalue weighted by Gasteiger charge is 2.29. The summed E-state index contributed by atoms with van der Waals surface area (Å²) < 4.78 is 10.5. The minimum atomic E-state index is -0.469. The first kappa shape index (κ1) is 17.3. The van der Waals surface area contributed by atoms with Crippen molar-refractivity contribution in [3.8, 4) is 6.01 Å². The lowest BCUT2D eigenvalue weighted by atomic mass is 10.0. The number of methoxy groups -OCH3 is 1. The molecule has 2 heterocycles. The van der Waals surface area contributed by atoms with E-state index in [1.54, 1.807) is 18.2 Å². The number of piperidine rings is 1. The van der Waals surface area contributed by atoms with Crippen LogP contribution in [-0.2, 0) is 4.74 Å². The number of carbonyl (C=O) groups excluding carboxylic acids is 1. The third-order valence-electron chi connectivity index (χ3n) is 3.82. The predicted octanol–water partition coefficient (Wildman–Crippen LogP) is 2.32. The van der Waals surface area contributed by atoms with E-state index >= 15 is 0 Å². The molecule has 0 atom stereocenters. The largest absolute Gasteiger partial charge is 0.467 e. The van der Waals surface area contributed by atoms with Crippen LogP contribution in [0, 0.1) is 0 Å². The minimum absolute atomic E-state index is 0.185. The van der Waals surface area contributed by atoms with Gasteiger partial charge in [0.1, 0.15) is 11.4 Å². The maximum Gasteiger partial charge on any atom is 0.410 e. The number of nitrogens with zero attached hydrogens (tertiary/aromatic N) is 4. The molecule has 0 aromatic carbocycles. The molecule has 1 aliphatic heterocycles. The highest BCUT2D eigenvalue weighted by Crippen LogP contribution is 2.22. The monoisotopic (exact) mass is 322 g/mol. The maximum absolute atomic E-state index is 12.1. The van der Waals surface area contributed by atoms with Crippen LogP contribution in [0.25, 0.3) is 0 Å². The van der Waals surface area contributed by atoms with Gasteiger partial charge in [0.2, 0.25) is 0 Å². The Morgan fingerprint density at radius 2 is 2.00 bits per heavy atom. The van der Waals surface area contributed by atoms with E-state index in [1.807, 2.05) is 33.9 Å². The minimum Gasteiger partial charge on any atom is -0.467 e. The first-order valence-corrected chi connectivity index (χ1v) is 7.88. The average Bonchev–Trinajstić information content (AvgIpc) is 2.53. The van der Waals surface area contributed by atoms with Crippen LogP contribution in [0.2, 0.25) is 0 Å². The molecule has 1 aliphatic rings. The molecule has 1 amide bonds. The van der Waals surface area contributed by atoms with Gasteiger partial charge in [0.15, 0.2) is 0 Å². The molecule has 2 rings (SSSR count). The molecule has 1 aromatic rings. The van der Waals surface area contributed by atoms with Gasteiger partial charge in [-0.15, -0.1) is 0 Å². The van der Waals surface area contributed by atoms with Gasteiger partial charge in [-0.3, -0.25) is 0 Å². The van der Waals surface area contributed by atoms with Gasteiger partial charge < -0.3 is 19.3 Å². The molecule has 1 aromatic heterocycles. The Bertz CT molecular complexity index is 536. The summed E-state index contributed by atoms with van der Waals surface area (Å²) in [6.45, 7) is 7.30. The average molecular weight is 322 g/mol. The molecular formula is C16H26N4O3. The maximum atomic E-state index is 12.1. The topological polar surface area (TPSA) is 67.8 Å². The van der Waals surface area contributed by atoms with Crippen LogP contribution in [0.1, 0.15) is 33.6 Å². The Hall–Kier alpha value is -2.05. The third kappa shape index (κ3) is 4.71. The van der Waals surface area contributed by atoms with Gasteiger partial charge in [-0.05, 0) is 39.7 Å². The van der Waals surface area contributed by atoms with Gasteiger partial charge in [-0.25, -0.2) is 9.78 Å². The molecular weight excluding hydrogens is 296 g/mol. The molecule has 0 saturated carbocycles. The molecule has 7 nitrogen and oxygen atoms in total. The molecule has 0 N–H and O–H groups in total. The van der Waals surface area contributed by atoms with Crippen molar-refractivity contribution in [3.05, 3.63) is 12.3 Å². The van der Waals surface area contributed by atoms with Gasteiger partial charge >= 0.3 is 12.1 Å². The van der Waals surface area contributed by atoms with Crippen molar-refractivity contribution >= 4 is 11.9 Å². The van der Waals surface area contributed by atoms with E-state index in [0.29, 0.717) is 6.01 Å². The Balaban J connectivity index is 1.91. The van der Waals surface area contributed by atoms with Crippen LogP contribution in [0.3, 0.4) is 0 Å². The summed E-state index contributed by atoms with van der Waals surface area (Å²) in [5.74, 6) is 0.857. The summed E-state index contributed by atoms with van der Waals surface area (Å²) in [6.07, 6.45) is 3.18. The van der Waals surface area contributed by atoms with Crippen LogP contribution < -0.4 is 9.64 Å². The fourth-order valence-corrected chi connectivity index (χ4v) is 2.57. The lowest BCUT2D eigenvalue weighted by molar-refractivity contribution is 0.0201. The number of aromatic nitrogens is 2. The Morgan fingerprint density at radius 3 is 2.57 bits per heavy atom. The SMILES string of the molecule is COc1nccc(N2CCC(N(C)C(=O)OC(C)(C)C)CC2)n1. The van der Waals surface area contributed by atoms with Gasteiger partial charge in [0.05, 0.1) is 7.11 Å². The highest BCUT2D eigenvalue weighted by atomic mass is 16.6. The van der Waals surface area contributed by atoms with Gasteiger partial charge in [-0.1, -0.05) is 0 Å². The first-order valence-electron chi connectivity index (χ1n) is 7.88. The van der Waals surface area contributed by atoms with E-state index in [0.717, 1.165) is 31.7 Å². The number of hydrogen-bond donors (Lipinski definition) is 0. The smallest absolute Gasteiger partial charge is 0.410 e. The number of hydrogen-bond acceptors (Lipinski definition) is 6. The normalized spacial score (nSPS) is 16.1. The summed E-state index contributed by atoms with van der Waals surface area (Å²) in [6, 6.07) is 2.43. The van der Waals surface area contributed by atoms with Crippen LogP contribution in [0.15, 0.2) is 12.3 Å². The lowest BCUT2D eigenvalue weighted by Gasteiger charge is -2.37. The standard InChI is InChI=1S/C16H26N4O3/c1-16(2,3)23-15(21)19(4)12-7-10-20(11-8-12)13-6-9-17-14(18-13)22-5/h6,9,12H,7-8,10-11H2,1-5H3. The van der Waals surface area contributed by atoms with Crippen molar-refractivity contribution in [2.45, 2.75) is 45.3 Å². The van der Waals surface area contributed by atoms with E-state index in [9.17, 15) is 4.79 Å². The summed E-state index contributed by atoms with van der Waals surface area (Å²) in [5.41, 5.74) is -0.469. The van der Waals surface area contributed by atoms with Gasteiger partial charge in [-0.2, -0.15) is 4.98 Å². The van der Waals surface area contributed by atoms with E-state index in [2.05, 4.69) is 14.9 Å². The predicted molar refractivity (Wildman–Crippen MR) is 87.8 cm³/mol. The van der Waals surface area contributed by atoms with Crippen molar-refractivity contribution in [1.82, 2.24) is 14.9 Å². The first-order chi connectivity index (χ1) is 10.8. The van der Waals surface area contributed by atoms with Crippen molar-refractivity contribution in [2.24, 2.45) is 0 Å². The van der Waals surface area contributed by atoms with E-state index < -0.39 is 5.60 Å². The molecule has 0 bridgehead atoms. The van der Waals surface area contributed by atoms with Crippen molar-refractivity contribution in [3.63, 3.8) is 0 Å².